The van der Waals surface area contributed by atoms with Crippen molar-refractivity contribution in [3.63, 3.8) is 0 Å². The van der Waals surface area contributed by atoms with Crippen molar-refractivity contribution in [2.75, 3.05) is 6.54 Å². The van der Waals surface area contributed by atoms with E-state index in [-0.39, 0.29) is 12.1 Å². The second-order valence-corrected chi connectivity index (χ2v) is 4.54. The highest BCUT2D eigenvalue weighted by atomic mass is 16.2. The van der Waals surface area contributed by atoms with Crippen molar-refractivity contribution in [1.82, 2.24) is 15.6 Å². The Bertz CT molecular complexity index is 349. The van der Waals surface area contributed by atoms with E-state index in [1.807, 2.05) is 19.1 Å². The predicted octanol–water partition coefficient (Wildman–Crippen LogP) is 2.88. The summed E-state index contributed by atoms with van der Waals surface area (Å²) in [5.41, 5.74) is 1.01. The minimum absolute atomic E-state index is 0.0274. The molecule has 0 bridgehead atoms. The van der Waals surface area contributed by atoms with Crippen molar-refractivity contribution < 1.29 is 4.79 Å². The van der Waals surface area contributed by atoms with E-state index in [4.69, 9.17) is 0 Å². The molecule has 1 heterocycles. The molecule has 0 radical (unpaired) electrons. The highest BCUT2D eigenvalue weighted by Gasteiger charge is 2.10. The maximum atomic E-state index is 11.7. The van der Waals surface area contributed by atoms with Gasteiger partial charge < -0.3 is 10.6 Å². The lowest BCUT2D eigenvalue weighted by Crippen LogP contribution is -2.39. The standard InChI is InChI=1S/C14H23N3O/c1-4-12(5-2)9-16-14(18)17-11(3)13-7-6-8-15-10-13/h6-8,10-12H,4-5,9H2,1-3H3,(H2,16,17,18)/t11-/m0/s1. The Balaban J connectivity index is 2.36. The molecule has 100 valence electrons. The second kappa shape index (κ2) is 7.69. The number of hydrogen-bond donors (Lipinski definition) is 2. The van der Waals surface area contributed by atoms with Gasteiger partial charge in [-0.3, -0.25) is 4.98 Å². The summed E-state index contributed by atoms with van der Waals surface area (Å²) in [4.78, 5) is 15.8. The number of aromatic nitrogens is 1. The zero-order valence-electron chi connectivity index (χ0n) is 11.4. The van der Waals surface area contributed by atoms with Crippen LogP contribution in [0.15, 0.2) is 24.5 Å². The van der Waals surface area contributed by atoms with Crippen LogP contribution in [0.3, 0.4) is 0 Å². The highest BCUT2D eigenvalue weighted by molar-refractivity contribution is 5.74. The summed E-state index contributed by atoms with van der Waals surface area (Å²) in [7, 11) is 0. The van der Waals surface area contributed by atoms with E-state index < -0.39 is 0 Å². The van der Waals surface area contributed by atoms with E-state index in [1.54, 1.807) is 12.4 Å². The topological polar surface area (TPSA) is 54.0 Å². The van der Waals surface area contributed by atoms with Crippen LogP contribution in [0, 0.1) is 5.92 Å². The fourth-order valence-corrected chi connectivity index (χ4v) is 1.78. The van der Waals surface area contributed by atoms with Crippen molar-refractivity contribution in [2.45, 2.75) is 39.7 Å². The molecule has 18 heavy (non-hydrogen) atoms. The lowest BCUT2D eigenvalue weighted by Gasteiger charge is -2.17. The van der Waals surface area contributed by atoms with Crippen molar-refractivity contribution in [3.8, 4) is 0 Å². The van der Waals surface area contributed by atoms with Crippen molar-refractivity contribution in [3.05, 3.63) is 30.1 Å². The summed E-state index contributed by atoms with van der Waals surface area (Å²) >= 11 is 0. The van der Waals surface area contributed by atoms with E-state index >= 15 is 0 Å². The van der Waals surface area contributed by atoms with Crippen LogP contribution in [0.4, 0.5) is 4.79 Å². The molecule has 1 aromatic heterocycles. The smallest absolute Gasteiger partial charge is 0.315 e. The maximum absolute atomic E-state index is 11.7. The predicted molar refractivity (Wildman–Crippen MR) is 73.3 cm³/mol. The molecule has 0 aromatic carbocycles. The first-order chi connectivity index (χ1) is 8.67. The lowest BCUT2D eigenvalue weighted by atomic mass is 10.0. The molecule has 1 atom stereocenters. The Kier molecular flexibility index (Phi) is 6.19. The summed E-state index contributed by atoms with van der Waals surface area (Å²) in [5, 5.41) is 5.82. The molecule has 4 heteroatoms. The van der Waals surface area contributed by atoms with Crippen LogP contribution in [0.1, 0.15) is 45.2 Å². The Morgan fingerprint density at radius 1 is 1.39 bits per heavy atom. The van der Waals surface area contributed by atoms with E-state index in [9.17, 15) is 4.79 Å². The molecule has 1 aromatic rings. The van der Waals surface area contributed by atoms with Crippen LogP contribution in [-0.4, -0.2) is 17.6 Å². The Labute approximate surface area is 109 Å². The molecule has 1 rings (SSSR count). The molecule has 4 nitrogen and oxygen atoms in total. The molecular formula is C14H23N3O. The van der Waals surface area contributed by atoms with Gasteiger partial charge in [0.15, 0.2) is 0 Å². The number of amides is 2. The number of nitrogens with one attached hydrogen (secondary N) is 2. The average Bonchev–Trinajstić information content (AvgIpc) is 2.41. The summed E-state index contributed by atoms with van der Waals surface area (Å²) in [5.74, 6) is 0.560. The van der Waals surface area contributed by atoms with Crippen LogP contribution >= 0.6 is 0 Å². The van der Waals surface area contributed by atoms with Gasteiger partial charge in [-0.15, -0.1) is 0 Å². The van der Waals surface area contributed by atoms with Gasteiger partial charge in [-0.1, -0.05) is 32.8 Å². The summed E-state index contributed by atoms with van der Waals surface area (Å²) in [6.45, 7) is 6.98. The molecule has 0 unspecified atom stereocenters. The number of carbonyl (C=O) groups excluding carboxylic acids is 1. The monoisotopic (exact) mass is 249 g/mol. The van der Waals surface area contributed by atoms with Gasteiger partial charge in [0.25, 0.3) is 0 Å². The summed E-state index contributed by atoms with van der Waals surface area (Å²) in [6.07, 6.45) is 5.68. The minimum atomic E-state index is -0.113. The second-order valence-electron chi connectivity index (χ2n) is 4.54. The minimum Gasteiger partial charge on any atom is -0.338 e. The van der Waals surface area contributed by atoms with Crippen LogP contribution in [0.5, 0.6) is 0 Å². The SMILES string of the molecule is CCC(CC)CNC(=O)N[C@@H](C)c1cccnc1. The van der Waals surface area contributed by atoms with E-state index in [0.717, 1.165) is 24.9 Å². The molecule has 0 spiro atoms. The molecule has 2 amide bonds. The van der Waals surface area contributed by atoms with Crippen molar-refractivity contribution in [2.24, 2.45) is 5.92 Å². The zero-order valence-corrected chi connectivity index (χ0v) is 11.4. The molecule has 0 aliphatic carbocycles. The number of nitrogens with zero attached hydrogens (tertiary/aromatic N) is 1. The number of rotatable bonds is 6. The molecule has 0 fully saturated rings. The average molecular weight is 249 g/mol. The van der Waals surface area contributed by atoms with Gasteiger partial charge in [0.05, 0.1) is 6.04 Å². The lowest BCUT2D eigenvalue weighted by molar-refractivity contribution is 0.235. The third-order valence-electron chi connectivity index (χ3n) is 3.24. The highest BCUT2D eigenvalue weighted by Crippen LogP contribution is 2.09. The van der Waals surface area contributed by atoms with Gasteiger partial charge in [-0.05, 0) is 24.5 Å². The zero-order chi connectivity index (χ0) is 13.4. The Hall–Kier alpha value is -1.58. The summed E-state index contributed by atoms with van der Waals surface area (Å²) < 4.78 is 0. The fourth-order valence-electron chi connectivity index (χ4n) is 1.78. The van der Waals surface area contributed by atoms with Crippen molar-refractivity contribution in [1.29, 1.82) is 0 Å². The van der Waals surface area contributed by atoms with E-state index in [0.29, 0.717) is 5.92 Å². The van der Waals surface area contributed by atoms with Gasteiger partial charge in [0.1, 0.15) is 0 Å². The number of pyridine rings is 1. The first-order valence-corrected chi connectivity index (χ1v) is 6.61. The first-order valence-electron chi connectivity index (χ1n) is 6.61. The van der Waals surface area contributed by atoms with Gasteiger partial charge >= 0.3 is 6.03 Å². The van der Waals surface area contributed by atoms with Gasteiger partial charge in [-0.2, -0.15) is 0 Å². The van der Waals surface area contributed by atoms with Crippen LogP contribution < -0.4 is 10.6 Å². The summed E-state index contributed by atoms with van der Waals surface area (Å²) in [6, 6.07) is 3.69. The Morgan fingerprint density at radius 3 is 2.67 bits per heavy atom. The van der Waals surface area contributed by atoms with Crippen molar-refractivity contribution >= 4 is 6.03 Å². The maximum Gasteiger partial charge on any atom is 0.315 e. The third-order valence-corrected chi connectivity index (χ3v) is 3.24. The van der Waals surface area contributed by atoms with Crippen LogP contribution in [-0.2, 0) is 0 Å². The molecule has 0 saturated heterocycles. The number of urea groups is 1. The molecule has 0 saturated carbocycles. The van der Waals surface area contributed by atoms with Gasteiger partial charge in [0, 0.05) is 18.9 Å². The van der Waals surface area contributed by atoms with E-state index in [2.05, 4.69) is 29.5 Å². The largest absolute Gasteiger partial charge is 0.338 e. The number of carbonyl (C=O) groups is 1. The molecule has 0 aliphatic rings. The Morgan fingerprint density at radius 2 is 2.11 bits per heavy atom. The molecule has 2 N–H and O–H groups in total. The molecule has 0 aliphatic heterocycles. The normalized spacial score (nSPS) is 12.2. The van der Waals surface area contributed by atoms with E-state index in [1.165, 1.54) is 0 Å². The van der Waals surface area contributed by atoms with Crippen LogP contribution in [0.25, 0.3) is 0 Å². The van der Waals surface area contributed by atoms with Gasteiger partial charge in [0.2, 0.25) is 0 Å². The third kappa shape index (κ3) is 4.73. The number of hydrogen-bond acceptors (Lipinski definition) is 2. The first kappa shape index (κ1) is 14.5. The fraction of sp³-hybridized carbons (Fsp3) is 0.571. The van der Waals surface area contributed by atoms with Gasteiger partial charge in [-0.25, -0.2) is 4.79 Å². The molecular weight excluding hydrogens is 226 g/mol. The van der Waals surface area contributed by atoms with Crippen LogP contribution in [0.2, 0.25) is 0 Å². The quantitative estimate of drug-likeness (QED) is 0.814.